The van der Waals surface area contributed by atoms with Crippen molar-refractivity contribution in [2.75, 3.05) is 33.4 Å². The van der Waals surface area contributed by atoms with Crippen LogP contribution in [0.2, 0.25) is 0 Å². The van der Waals surface area contributed by atoms with Gasteiger partial charge in [-0.3, -0.25) is 9.59 Å². The lowest BCUT2D eigenvalue weighted by molar-refractivity contribution is 0.0773. The van der Waals surface area contributed by atoms with Gasteiger partial charge in [0.25, 0.3) is 11.8 Å². The maximum Gasteiger partial charge on any atom is 0.253 e. The molecule has 0 saturated carbocycles. The van der Waals surface area contributed by atoms with Crippen molar-refractivity contribution < 1.29 is 14.3 Å². The molecule has 0 spiro atoms. The zero-order valence-electron chi connectivity index (χ0n) is 13.0. The van der Waals surface area contributed by atoms with Crippen LogP contribution in [0, 0.1) is 0 Å². The Balaban J connectivity index is 2.71. The lowest BCUT2D eigenvalue weighted by atomic mass is 10.1. The maximum absolute atomic E-state index is 12.3. The van der Waals surface area contributed by atoms with E-state index < -0.39 is 0 Å². The summed E-state index contributed by atoms with van der Waals surface area (Å²) in [6.07, 6.45) is 0.764. The quantitative estimate of drug-likeness (QED) is 0.745. The predicted octanol–water partition coefficient (Wildman–Crippen LogP) is 1.93. The van der Waals surface area contributed by atoms with Gasteiger partial charge in [-0.1, -0.05) is 6.07 Å². The second kappa shape index (κ2) is 9.13. The monoisotopic (exact) mass is 292 g/mol. The van der Waals surface area contributed by atoms with Gasteiger partial charge in [0.1, 0.15) is 0 Å². The molecule has 0 atom stereocenters. The number of carbonyl (C=O) groups is 2. The van der Waals surface area contributed by atoms with Gasteiger partial charge in [0.15, 0.2) is 0 Å². The fraction of sp³-hybridized carbons (Fsp3) is 0.500. The van der Waals surface area contributed by atoms with E-state index in [1.54, 1.807) is 36.3 Å². The molecule has 1 aromatic carbocycles. The van der Waals surface area contributed by atoms with Crippen molar-refractivity contribution in [3.8, 4) is 0 Å². The van der Waals surface area contributed by atoms with E-state index in [1.165, 1.54) is 0 Å². The number of carbonyl (C=O) groups excluding carboxylic acids is 2. The van der Waals surface area contributed by atoms with Crippen LogP contribution in [0.1, 0.15) is 41.0 Å². The van der Waals surface area contributed by atoms with Crippen molar-refractivity contribution in [2.24, 2.45) is 0 Å². The summed E-state index contributed by atoms with van der Waals surface area (Å²) in [4.78, 5) is 26.0. The number of nitrogens with one attached hydrogen (secondary N) is 1. The van der Waals surface area contributed by atoms with Crippen LogP contribution in [0.25, 0.3) is 0 Å². The van der Waals surface area contributed by atoms with Crippen molar-refractivity contribution in [1.82, 2.24) is 10.2 Å². The van der Waals surface area contributed by atoms with Gasteiger partial charge in [0.2, 0.25) is 0 Å². The maximum atomic E-state index is 12.3. The fourth-order valence-electron chi connectivity index (χ4n) is 2.01. The normalized spacial score (nSPS) is 10.2. The fourth-order valence-corrected chi connectivity index (χ4v) is 2.01. The van der Waals surface area contributed by atoms with E-state index in [1.807, 2.05) is 13.8 Å². The first-order chi connectivity index (χ1) is 10.1. The highest BCUT2D eigenvalue weighted by Crippen LogP contribution is 2.09. The summed E-state index contributed by atoms with van der Waals surface area (Å²) in [5, 5.41) is 2.81. The van der Waals surface area contributed by atoms with Gasteiger partial charge in [0, 0.05) is 44.5 Å². The van der Waals surface area contributed by atoms with E-state index in [0.29, 0.717) is 37.4 Å². The SMILES string of the molecule is CCN(CC)C(=O)c1cccc(C(=O)NCCCOC)c1. The zero-order chi connectivity index (χ0) is 15.7. The third kappa shape index (κ3) is 5.19. The average molecular weight is 292 g/mol. The number of methoxy groups -OCH3 is 1. The standard InChI is InChI=1S/C16H24N2O3/c1-4-18(5-2)16(20)14-9-6-8-13(12-14)15(19)17-10-7-11-21-3/h6,8-9,12H,4-5,7,10-11H2,1-3H3,(H,17,19). The smallest absolute Gasteiger partial charge is 0.253 e. The number of hydrogen-bond acceptors (Lipinski definition) is 3. The molecule has 0 fully saturated rings. The van der Waals surface area contributed by atoms with Crippen molar-refractivity contribution in [3.05, 3.63) is 35.4 Å². The minimum Gasteiger partial charge on any atom is -0.385 e. The lowest BCUT2D eigenvalue weighted by Crippen LogP contribution is -2.31. The number of ether oxygens (including phenoxy) is 1. The number of amides is 2. The molecule has 0 aliphatic carbocycles. The first kappa shape index (κ1) is 17.2. The molecule has 0 bridgehead atoms. The van der Waals surface area contributed by atoms with Gasteiger partial charge in [-0.25, -0.2) is 0 Å². The van der Waals surface area contributed by atoms with Crippen LogP contribution in [0.5, 0.6) is 0 Å². The van der Waals surface area contributed by atoms with Crippen LogP contribution < -0.4 is 5.32 Å². The van der Waals surface area contributed by atoms with Crippen LogP contribution in [0.4, 0.5) is 0 Å². The van der Waals surface area contributed by atoms with Gasteiger partial charge in [-0.15, -0.1) is 0 Å². The molecule has 1 N–H and O–H groups in total. The molecule has 1 aromatic rings. The topological polar surface area (TPSA) is 58.6 Å². The van der Waals surface area contributed by atoms with E-state index in [0.717, 1.165) is 6.42 Å². The summed E-state index contributed by atoms with van der Waals surface area (Å²) in [5.74, 6) is -0.214. The van der Waals surface area contributed by atoms with Crippen molar-refractivity contribution in [3.63, 3.8) is 0 Å². The highest BCUT2D eigenvalue weighted by Gasteiger charge is 2.14. The third-order valence-electron chi connectivity index (χ3n) is 3.23. The molecule has 0 heterocycles. The molecule has 0 unspecified atom stereocenters. The molecule has 5 heteroatoms. The molecule has 5 nitrogen and oxygen atoms in total. The van der Waals surface area contributed by atoms with Crippen LogP contribution in [0.3, 0.4) is 0 Å². The Kier molecular flexibility index (Phi) is 7.46. The van der Waals surface area contributed by atoms with E-state index in [-0.39, 0.29) is 11.8 Å². The second-order valence-corrected chi connectivity index (χ2v) is 4.66. The largest absolute Gasteiger partial charge is 0.385 e. The first-order valence-electron chi connectivity index (χ1n) is 7.30. The molecule has 0 aromatic heterocycles. The Morgan fingerprint density at radius 2 is 1.86 bits per heavy atom. The number of rotatable bonds is 8. The van der Waals surface area contributed by atoms with Crippen molar-refractivity contribution in [1.29, 1.82) is 0 Å². The molecule has 0 radical (unpaired) electrons. The third-order valence-corrected chi connectivity index (χ3v) is 3.23. The Bertz CT molecular complexity index is 470. The lowest BCUT2D eigenvalue weighted by Gasteiger charge is -2.18. The molecular formula is C16H24N2O3. The Hall–Kier alpha value is -1.88. The Morgan fingerprint density at radius 3 is 2.48 bits per heavy atom. The second-order valence-electron chi connectivity index (χ2n) is 4.66. The summed E-state index contributed by atoms with van der Waals surface area (Å²) in [5.41, 5.74) is 1.05. The molecule has 0 saturated heterocycles. The van der Waals surface area contributed by atoms with E-state index in [2.05, 4.69) is 5.32 Å². The summed E-state index contributed by atoms with van der Waals surface area (Å²) in [6.45, 7) is 6.36. The molecule has 116 valence electrons. The van der Waals surface area contributed by atoms with E-state index in [9.17, 15) is 9.59 Å². The molecular weight excluding hydrogens is 268 g/mol. The van der Waals surface area contributed by atoms with Gasteiger partial charge in [-0.2, -0.15) is 0 Å². The summed E-state index contributed by atoms with van der Waals surface area (Å²) >= 11 is 0. The van der Waals surface area contributed by atoms with E-state index in [4.69, 9.17) is 4.74 Å². The number of nitrogens with zero attached hydrogens (tertiary/aromatic N) is 1. The van der Waals surface area contributed by atoms with Crippen molar-refractivity contribution in [2.45, 2.75) is 20.3 Å². The first-order valence-corrected chi connectivity index (χ1v) is 7.30. The van der Waals surface area contributed by atoms with Crippen LogP contribution in [0.15, 0.2) is 24.3 Å². The van der Waals surface area contributed by atoms with Crippen LogP contribution in [-0.2, 0) is 4.74 Å². The number of benzene rings is 1. The summed E-state index contributed by atoms with van der Waals surface area (Å²) in [6, 6.07) is 6.83. The highest BCUT2D eigenvalue weighted by atomic mass is 16.5. The molecule has 2 amide bonds. The van der Waals surface area contributed by atoms with E-state index >= 15 is 0 Å². The molecule has 0 aliphatic rings. The van der Waals surface area contributed by atoms with Gasteiger partial charge in [0.05, 0.1) is 0 Å². The molecule has 1 rings (SSSR count). The molecule has 21 heavy (non-hydrogen) atoms. The Labute approximate surface area is 126 Å². The number of hydrogen-bond donors (Lipinski definition) is 1. The summed E-state index contributed by atoms with van der Waals surface area (Å²) in [7, 11) is 1.63. The van der Waals surface area contributed by atoms with Crippen LogP contribution >= 0.6 is 0 Å². The van der Waals surface area contributed by atoms with Crippen molar-refractivity contribution >= 4 is 11.8 Å². The summed E-state index contributed by atoms with van der Waals surface area (Å²) < 4.78 is 4.93. The average Bonchev–Trinajstić information content (AvgIpc) is 2.52. The minimum atomic E-state index is -0.166. The van der Waals surface area contributed by atoms with Gasteiger partial charge >= 0.3 is 0 Å². The Morgan fingerprint density at radius 1 is 1.19 bits per heavy atom. The zero-order valence-corrected chi connectivity index (χ0v) is 13.0. The predicted molar refractivity (Wildman–Crippen MR) is 82.5 cm³/mol. The van der Waals surface area contributed by atoms with Gasteiger partial charge in [-0.05, 0) is 38.5 Å². The highest BCUT2D eigenvalue weighted by molar-refractivity contribution is 5.99. The van der Waals surface area contributed by atoms with Crippen LogP contribution in [-0.4, -0.2) is 50.1 Å². The molecule has 0 aliphatic heterocycles. The van der Waals surface area contributed by atoms with Gasteiger partial charge < -0.3 is 15.0 Å². The minimum absolute atomic E-state index is 0.0472.